The molecule has 0 aliphatic carbocycles. The molecule has 0 unspecified atom stereocenters. The van der Waals surface area contributed by atoms with Gasteiger partial charge in [0.2, 0.25) is 0 Å². The summed E-state index contributed by atoms with van der Waals surface area (Å²) in [5.74, 6) is 0.336. The van der Waals surface area contributed by atoms with Crippen molar-refractivity contribution < 1.29 is 23.4 Å². The molecule has 1 aliphatic rings. The summed E-state index contributed by atoms with van der Waals surface area (Å²) in [6, 6.07) is 18.1. The van der Waals surface area contributed by atoms with Crippen molar-refractivity contribution in [1.29, 1.82) is 0 Å². The molecule has 0 bridgehead atoms. The molecule has 42 heavy (non-hydrogen) atoms. The first kappa shape index (κ1) is 29.5. The third-order valence-electron chi connectivity index (χ3n) is 6.57. The van der Waals surface area contributed by atoms with E-state index in [1.165, 1.54) is 28.0 Å². The third kappa shape index (κ3) is 6.24. The van der Waals surface area contributed by atoms with Crippen LogP contribution >= 0.6 is 27.3 Å². The van der Waals surface area contributed by atoms with Crippen molar-refractivity contribution in [2.45, 2.75) is 39.5 Å². The van der Waals surface area contributed by atoms with E-state index in [4.69, 9.17) is 14.2 Å². The first-order chi connectivity index (χ1) is 20.1. The summed E-state index contributed by atoms with van der Waals surface area (Å²) in [7, 11) is 1.55. The number of fused-ring (bicyclic) bond motifs is 1. The molecule has 1 aromatic heterocycles. The van der Waals surface area contributed by atoms with Gasteiger partial charge in [-0.25, -0.2) is 14.2 Å². The SMILES string of the molecule is COc1ccc(Br)cc1[C@H]1C(C(=O)OC(C)C)=C(C)N=c2s/c(=C\c3ccc(OCc4ccc(F)cc4)cc3)c(=O)n21. The van der Waals surface area contributed by atoms with E-state index >= 15 is 0 Å². The second kappa shape index (κ2) is 12.5. The van der Waals surface area contributed by atoms with Gasteiger partial charge in [0.1, 0.15) is 30.0 Å². The molecule has 2 heterocycles. The van der Waals surface area contributed by atoms with Gasteiger partial charge in [-0.15, -0.1) is 0 Å². The second-order valence-corrected chi connectivity index (χ2v) is 11.8. The summed E-state index contributed by atoms with van der Waals surface area (Å²) in [5.41, 5.74) is 2.74. The van der Waals surface area contributed by atoms with E-state index in [2.05, 4.69) is 20.9 Å². The molecule has 4 aromatic rings. The zero-order valence-electron chi connectivity index (χ0n) is 23.4. The van der Waals surface area contributed by atoms with Gasteiger partial charge in [-0.2, -0.15) is 0 Å². The average Bonchev–Trinajstić information content (AvgIpc) is 3.26. The fourth-order valence-corrected chi connectivity index (χ4v) is 6.06. The Kier molecular flexibility index (Phi) is 8.74. The smallest absolute Gasteiger partial charge is 0.338 e. The molecule has 0 saturated heterocycles. The Morgan fingerprint density at radius 1 is 1.12 bits per heavy atom. The van der Waals surface area contributed by atoms with E-state index in [0.717, 1.165) is 15.6 Å². The first-order valence-electron chi connectivity index (χ1n) is 13.2. The lowest BCUT2D eigenvalue weighted by Gasteiger charge is -2.26. The monoisotopic (exact) mass is 650 g/mol. The van der Waals surface area contributed by atoms with Crippen molar-refractivity contribution in [1.82, 2.24) is 4.57 Å². The van der Waals surface area contributed by atoms with Crippen molar-refractivity contribution >= 4 is 39.3 Å². The summed E-state index contributed by atoms with van der Waals surface area (Å²) in [6.45, 7) is 5.60. The van der Waals surface area contributed by atoms with E-state index in [9.17, 15) is 14.0 Å². The zero-order valence-corrected chi connectivity index (χ0v) is 25.8. The maximum atomic E-state index is 13.9. The molecular weight excluding hydrogens is 623 g/mol. The van der Waals surface area contributed by atoms with Gasteiger partial charge < -0.3 is 14.2 Å². The maximum absolute atomic E-state index is 13.9. The average molecular weight is 652 g/mol. The molecule has 0 saturated carbocycles. The first-order valence-corrected chi connectivity index (χ1v) is 14.8. The predicted octanol–water partition coefficient (Wildman–Crippen LogP) is 5.68. The van der Waals surface area contributed by atoms with E-state index in [0.29, 0.717) is 38.7 Å². The van der Waals surface area contributed by atoms with E-state index in [-0.39, 0.29) is 23.1 Å². The van der Waals surface area contributed by atoms with Gasteiger partial charge in [0.15, 0.2) is 4.80 Å². The highest BCUT2D eigenvalue weighted by Crippen LogP contribution is 2.37. The molecule has 0 spiro atoms. The van der Waals surface area contributed by atoms with Gasteiger partial charge in [-0.1, -0.05) is 51.5 Å². The van der Waals surface area contributed by atoms with Crippen LogP contribution in [0, 0.1) is 5.82 Å². The van der Waals surface area contributed by atoms with Crippen LogP contribution in [0.15, 0.2) is 92.3 Å². The van der Waals surface area contributed by atoms with Crippen LogP contribution in [0.1, 0.15) is 43.5 Å². The lowest BCUT2D eigenvalue weighted by atomic mass is 9.95. The van der Waals surface area contributed by atoms with Gasteiger partial charge in [0.05, 0.1) is 29.0 Å². The fraction of sp³-hybridized carbons (Fsp3) is 0.219. The summed E-state index contributed by atoms with van der Waals surface area (Å²) in [4.78, 5) is 32.4. The number of benzene rings is 3. The van der Waals surface area contributed by atoms with Crippen molar-refractivity contribution in [3.8, 4) is 11.5 Å². The molecule has 0 radical (unpaired) electrons. The van der Waals surface area contributed by atoms with Crippen LogP contribution in [0.5, 0.6) is 11.5 Å². The van der Waals surface area contributed by atoms with Crippen LogP contribution in [-0.2, 0) is 16.1 Å². The number of esters is 1. The fourth-order valence-electron chi connectivity index (χ4n) is 4.63. The van der Waals surface area contributed by atoms with Gasteiger partial charge >= 0.3 is 5.97 Å². The Balaban J connectivity index is 1.53. The van der Waals surface area contributed by atoms with Crippen LogP contribution in [0.25, 0.3) is 6.08 Å². The number of hydrogen-bond acceptors (Lipinski definition) is 7. The number of carbonyl (C=O) groups is 1. The lowest BCUT2D eigenvalue weighted by molar-refractivity contribution is -0.143. The number of nitrogens with zero attached hydrogens (tertiary/aromatic N) is 2. The highest BCUT2D eigenvalue weighted by molar-refractivity contribution is 9.10. The minimum atomic E-state index is -0.802. The predicted molar refractivity (Wildman–Crippen MR) is 163 cm³/mol. The zero-order chi connectivity index (χ0) is 30.0. The Bertz CT molecular complexity index is 1840. The molecule has 0 amide bonds. The van der Waals surface area contributed by atoms with Gasteiger partial charge in [0, 0.05) is 10.0 Å². The number of methoxy groups -OCH3 is 1. The Morgan fingerprint density at radius 2 is 1.83 bits per heavy atom. The van der Waals surface area contributed by atoms with Crippen molar-refractivity contribution in [2.24, 2.45) is 4.99 Å². The minimum Gasteiger partial charge on any atom is -0.496 e. The molecule has 1 aliphatic heterocycles. The molecular formula is C32H28BrFN2O5S. The molecule has 3 aromatic carbocycles. The van der Waals surface area contributed by atoms with E-state index < -0.39 is 12.0 Å². The Labute approximate surface area is 254 Å². The van der Waals surface area contributed by atoms with Crippen molar-refractivity contribution in [3.63, 3.8) is 0 Å². The number of halogens is 2. The molecule has 10 heteroatoms. The summed E-state index contributed by atoms with van der Waals surface area (Å²) < 4.78 is 33.0. The maximum Gasteiger partial charge on any atom is 0.338 e. The summed E-state index contributed by atoms with van der Waals surface area (Å²) in [6.07, 6.45) is 1.43. The molecule has 5 rings (SSSR count). The van der Waals surface area contributed by atoms with E-state index in [1.807, 2.05) is 36.4 Å². The van der Waals surface area contributed by atoms with Crippen LogP contribution < -0.4 is 24.4 Å². The topological polar surface area (TPSA) is 79.1 Å². The standard InChI is InChI=1S/C32H28BrFN2O5S/c1-18(2)41-31(38)28-19(3)35-32-36(29(28)25-16-22(33)9-14-26(25)39-4)30(37)27(42-32)15-20-7-12-24(13-8-20)40-17-21-5-10-23(34)11-6-21/h5-16,18,29H,17H2,1-4H3/b27-15-/t29-/m0/s1. The quantitative estimate of drug-likeness (QED) is 0.230. The Hall–Kier alpha value is -4.02. The van der Waals surface area contributed by atoms with Gasteiger partial charge in [-0.05, 0) is 80.4 Å². The number of ether oxygens (including phenoxy) is 3. The molecule has 0 N–H and O–H groups in total. The second-order valence-electron chi connectivity index (χ2n) is 9.91. The molecule has 216 valence electrons. The number of thiazole rings is 1. The van der Waals surface area contributed by atoms with Crippen molar-refractivity contribution in [2.75, 3.05) is 7.11 Å². The molecule has 7 nitrogen and oxygen atoms in total. The Morgan fingerprint density at radius 3 is 2.50 bits per heavy atom. The van der Waals surface area contributed by atoms with Crippen molar-refractivity contribution in [3.05, 3.63) is 125 Å². The third-order valence-corrected chi connectivity index (χ3v) is 8.04. The number of aromatic nitrogens is 1. The minimum absolute atomic E-state index is 0.279. The highest BCUT2D eigenvalue weighted by Gasteiger charge is 2.35. The summed E-state index contributed by atoms with van der Waals surface area (Å²) in [5, 5.41) is 0. The van der Waals surface area contributed by atoms with Crippen LogP contribution in [0.2, 0.25) is 0 Å². The molecule has 0 fully saturated rings. The largest absolute Gasteiger partial charge is 0.496 e. The molecule has 1 atom stereocenters. The number of hydrogen-bond donors (Lipinski definition) is 0. The normalized spacial score (nSPS) is 14.9. The van der Waals surface area contributed by atoms with Crippen LogP contribution in [0.4, 0.5) is 4.39 Å². The number of carbonyl (C=O) groups excluding carboxylic acids is 1. The lowest BCUT2D eigenvalue weighted by Crippen LogP contribution is -2.40. The van der Waals surface area contributed by atoms with Crippen LogP contribution in [0.3, 0.4) is 0 Å². The van der Waals surface area contributed by atoms with Crippen LogP contribution in [-0.4, -0.2) is 23.8 Å². The number of rotatable bonds is 8. The number of allylic oxidation sites excluding steroid dienone is 1. The van der Waals surface area contributed by atoms with Gasteiger partial charge in [0.25, 0.3) is 5.56 Å². The summed E-state index contributed by atoms with van der Waals surface area (Å²) >= 11 is 4.76. The highest BCUT2D eigenvalue weighted by atomic mass is 79.9. The van der Waals surface area contributed by atoms with Gasteiger partial charge in [-0.3, -0.25) is 9.36 Å². The van der Waals surface area contributed by atoms with E-state index in [1.54, 1.807) is 52.2 Å².